The van der Waals surface area contributed by atoms with Gasteiger partial charge in [-0.15, -0.1) is 30.0 Å². The molecule has 0 atom stereocenters. The van der Waals surface area contributed by atoms with Gasteiger partial charge in [0.15, 0.2) is 0 Å². The van der Waals surface area contributed by atoms with Crippen molar-refractivity contribution in [1.82, 2.24) is 0 Å². The molecule has 0 radical (unpaired) electrons. The molecule has 0 aliphatic carbocycles. The molecule has 0 aliphatic rings. The molecule has 0 saturated heterocycles. The van der Waals surface area contributed by atoms with E-state index in [9.17, 15) is 17.6 Å². The number of hydrogen-bond acceptors (Lipinski definition) is 0. The Balaban J connectivity index is -0.0000000800. The topological polar surface area (TPSA) is 0 Å². The van der Waals surface area contributed by atoms with Crippen LogP contribution in [0.1, 0.15) is 0 Å². The van der Waals surface area contributed by atoms with Gasteiger partial charge in [-0.25, -0.2) is 0 Å². The third-order valence-corrected chi connectivity index (χ3v) is 0. The van der Waals surface area contributed by atoms with Crippen LogP contribution >= 0.6 is 12.4 Å². The van der Waals surface area contributed by atoms with Gasteiger partial charge in [0.2, 0.25) is 0 Å². The minimum absolute atomic E-state index is 0. The zero-order chi connectivity index (χ0) is 4.50. The maximum absolute atomic E-state index is 9.69. The van der Waals surface area contributed by atoms with Gasteiger partial charge in [-0.05, 0) is 0 Å². The quantitative estimate of drug-likeness (QED) is 0.480. The molecule has 0 unspecified atom stereocenters. The van der Waals surface area contributed by atoms with Gasteiger partial charge < -0.3 is 0 Å². The van der Waals surface area contributed by atoms with E-state index in [1.165, 1.54) is 0 Å². The Morgan fingerprint density at radius 3 is 0.857 bits per heavy atom. The van der Waals surface area contributed by atoms with E-state index < -0.39 is 6.43 Å². The Kier molecular flexibility index (Phi) is 12.2. The second-order valence-electron chi connectivity index (χ2n) is 0.429. The SMILES string of the molecule is Cl.FC(F)(F)F.[Ar]. The van der Waals surface area contributed by atoms with E-state index in [1.807, 2.05) is 0 Å². The number of hydrogen-bond donors (Lipinski definition) is 0. The second-order valence-corrected chi connectivity index (χ2v) is 0.429. The number of halogens is 5. The third kappa shape index (κ3) is 125. The van der Waals surface area contributed by atoms with Crippen LogP contribution in [-0.4, -0.2) is 6.43 Å². The molecule has 0 bridgehead atoms. The molecule has 0 rings (SSSR count). The fourth-order valence-electron chi connectivity index (χ4n) is 0. The predicted molar refractivity (Wildman–Crippen MR) is 14.4 cm³/mol. The largest absolute Gasteiger partial charge is 0.559 e. The maximum Gasteiger partial charge on any atom is 0.559 e. The molecule has 0 aromatic rings. The monoisotopic (exact) mass is 164 g/mol. The molecule has 7 heavy (non-hydrogen) atoms. The predicted octanol–water partition coefficient (Wildman–Crippen LogP) is 1.90. The Hall–Kier alpha value is 1.27. The van der Waals surface area contributed by atoms with Crippen LogP contribution in [0.5, 0.6) is 0 Å². The summed E-state index contributed by atoms with van der Waals surface area (Å²) in [6, 6.07) is 0. The molecule has 48 valence electrons. The van der Waals surface area contributed by atoms with Crippen LogP contribution < -0.4 is 0 Å². The molecular formula is CHArClF4. The van der Waals surface area contributed by atoms with Crippen LogP contribution in [0.4, 0.5) is 17.6 Å². The van der Waals surface area contributed by atoms with Crippen molar-refractivity contribution in [3.05, 3.63) is 0 Å². The first-order valence-corrected chi connectivity index (χ1v) is 0.756. The molecule has 0 nitrogen and oxygen atoms in total. The van der Waals surface area contributed by atoms with E-state index in [0.717, 1.165) is 0 Å². The Labute approximate surface area is 73.7 Å². The van der Waals surface area contributed by atoms with Crippen LogP contribution in [-0.2, 0) is 0 Å². The third-order valence-electron chi connectivity index (χ3n) is 0. The van der Waals surface area contributed by atoms with Gasteiger partial charge in [0.1, 0.15) is 0 Å². The zero-order valence-electron chi connectivity index (χ0n) is 2.77. The van der Waals surface area contributed by atoms with Crippen molar-refractivity contribution >= 4 is 12.4 Å². The summed E-state index contributed by atoms with van der Waals surface area (Å²) in [5, 5.41) is 0. The summed E-state index contributed by atoms with van der Waals surface area (Å²) in [7, 11) is 0. The maximum atomic E-state index is 9.69. The molecule has 0 amide bonds. The molecule has 0 saturated carbocycles. The van der Waals surface area contributed by atoms with Gasteiger partial charge in [-0.2, -0.15) is 0 Å². The standard InChI is InChI=1S/CF4.Ar.ClH/c2-1(3,4)5;;/h;;1H. The van der Waals surface area contributed by atoms with Crippen LogP contribution in [0, 0.1) is 37.7 Å². The fourth-order valence-corrected chi connectivity index (χ4v) is 0. The Bertz CT molecular complexity index is 27.2. The molecule has 0 N–H and O–H groups in total. The van der Waals surface area contributed by atoms with Gasteiger partial charge in [0.25, 0.3) is 0 Å². The minimum atomic E-state index is -5.50. The average Bonchev–Trinajstić information content (AvgIpc) is 0.722. The number of alkyl halides is 4. The van der Waals surface area contributed by atoms with Crippen LogP contribution in [0.25, 0.3) is 0 Å². The summed E-state index contributed by atoms with van der Waals surface area (Å²) in [4.78, 5) is 0. The molecular weight excluding hydrogens is 163 g/mol. The van der Waals surface area contributed by atoms with E-state index in [2.05, 4.69) is 0 Å². The smallest absolute Gasteiger partial charge is 0.147 e. The van der Waals surface area contributed by atoms with Crippen molar-refractivity contribution in [3.63, 3.8) is 0 Å². The van der Waals surface area contributed by atoms with E-state index in [4.69, 9.17) is 0 Å². The van der Waals surface area contributed by atoms with E-state index >= 15 is 0 Å². The van der Waals surface area contributed by atoms with Crippen LogP contribution in [0.15, 0.2) is 0 Å². The molecule has 0 aliphatic heterocycles. The van der Waals surface area contributed by atoms with Gasteiger partial charge in [0.05, 0.1) is 0 Å². The average molecular weight is 164 g/mol. The van der Waals surface area contributed by atoms with E-state index in [1.54, 1.807) is 0 Å². The van der Waals surface area contributed by atoms with Crippen molar-refractivity contribution in [2.24, 2.45) is 0 Å². The van der Waals surface area contributed by atoms with Crippen molar-refractivity contribution in [1.29, 1.82) is 0 Å². The van der Waals surface area contributed by atoms with Gasteiger partial charge in [-0.1, -0.05) is 0 Å². The van der Waals surface area contributed by atoms with E-state index in [-0.39, 0.29) is 50.1 Å². The van der Waals surface area contributed by atoms with Crippen molar-refractivity contribution in [2.45, 2.75) is 6.43 Å². The van der Waals surface area contributed by atoms with Crippen molar-refractivity contribution in [3.8, 4) is 0 Å². The first-order chi connectivity index (χ1) is 2.00. The van der Waals surface area contributed by atoms with Gasteiger partial charge in [0, 0.05) is 37.7 Å². The molecule has 0 fully saturated rings. The Morgan fingerprint density at radius 2 is 0.857 bits per heavy atom. The minimum Gasteiger partial charge on any atom is -0.147 e. The summed E-state index contributed by atoms with van der Waals surface area (Å²) < 4.78 is 38.8. The summed E-state index contributed by atoms with van der Waals surface area (Å²) in [5.41, 5.74) is 0. The summed E-state index contributed by atoms with van der Waals surface area (Å²) in [6.45, 7) is 0. The zero-order valence-corrected chi connectivity index (χ0v) is 4.30. The molecule has 0 heterocycles. The fraction of sp³-hybridized carbons (Fsp3) is 1.00. The second kappa shape index (κ2) is 5.41. The van der Waals surface area contributed by atoms with Gasteiger partial charge >= 0.3 is 6.43 Å². The van der Waals surface area contributed by atoms with Crippen molar-refractivity contribution < 1.29 is 55.3 Å². The summed E-state index contributed by atoms with van der Waals surface area (Å²) in [5.74, 6) is 0. The normalized spacial score (nSPS) is 8.57. The Morgan fingerprint density at radius 1 is 0.857 bits per heavy atom. The first-order valence-electron chi connectivity index (χ1n) is 0.756. The van der Waals surface area contributed by atoms with Crippen LogP contribution in [0.2, 0.25) is 0 Å². The molecule has 0 aromatic heterocycles. The molecule has 6 heteroatoms. The molecule has 0 spiro atoms. The van der Waals surface area contributed by atoms with E-state index in [0.29, 0.717) is 0 Å². The molecule has 0 aromatic carbocycles. The first kappa shape index (κ1) is 15.7. The summed E-state index contributed by atoms with van der Waals surface area (Å²) >= 11 is 0. The summed E-state index contributed by atoms with van der Waals surface area (Å²) in [6.07, 6.45) is -5.50. The number of rotatable bonds is 0. The van der Waals surface area contributed by atoms with Crippen molar-refractivity contribution in [2.75, 3.05) is 0 Å². The van der Waals surface area contributed by atoms with Crippen LogP contribution in [0.3, 0.4) is 0 Å². The van der Waals surface area contributed by atoms with Gasteiger partial charge in [-0.3, -0.25) is 0 Å².